The number of hydrogen-bond donors (Lipinski definition) is 0. The third kappa shape index (κ3) is 4.01. The summed E-state index contributed by atoms with van der Waals surface area (Å²) < 4.78 is 4.52. The second-order valence-electron chi connectivity index (χ2n) is 12.4. The van der Waals surface area contributed by atoms with E-state index in [9.17, 15) is 0 Å². The number of nitrogens with zero attached hydrogens (tertiary/aromatic N) is 5. The van der Waals surface area contributed by atoms with Crippen LogP contribution in [0.1, 0.15) is 43.2 Å². The highest BCUT2D eigenvalue weighted by Gasteiger charge is 2.37. The van der Waals surface area contributed by atoms with Gasteiger partial charge in [0.25, 0.3) is 0 Å². The molecule has 0 bridgehead atoms. The standard InChI is InChI=1S/C41H35N5/c1-6-14-29-30-22-20-27(40-43-33-16-9-11-18-36(33)44(40)5)25-37(30)45(34(29)7-2)28-21-23-32-38(26-28)46(39-19-12-13-24-42-39)35-17-10-8-15-31(35)41(32,3)4/h6-26H,2H2,1,3-5H3/b14-6-. The van der Waals surface area contributed by atoms with Gasteiger partial charge in [-0.15, -0.1) is 0 Å². The molecule has 0 atom stereocenters. The van der Waals surface area contributed by atoms with E-state index in [1.807, 2.05) is 24.4 Å². The molecular weight excluding hydrogens is 562 g/mol. The number of aromatic nitrogens is 4. The quantitative estimate of drug-likeness (QED) is 0.198. The minimum atomic E-state index is -0.195. The lowest BCUT2D eigenvalue weighted by molar-refractivity contribution is 0.631. The van der Waals surface area contributed by atoms with Crippen molar-refractivity contribution in [1.29, 1.82) is 0 Å². The molecule has 0 spiro atoms. The van der Waals surface area contributed by atoms with E-state index in [2.05, 4.69) is 152 Å². The number of rotatable bonds is 5. The molecule has 3 aromatic heterocycles. The summed E-state index contributed by atoms with van der Waals surface area (Å²) in [5.41, 5.74) is 12.1. The number of imidazole rings is 1. The van der Waals surface area contributed by atoms with E-state index in [0.717, 1.165) is 62.1 Å². The highest BCUT2D eigenvalue weighted by atomic mass is 15.2. The molecule has 0 saturated heterocycles. The van der Waals surface area contributed by atoms with Crippen molar-refractivity contribution in [2.75, 3.05) is 4.90 Å². The second-order valence-corrected chi connectivity index (χ2v) is 12.4. The number of para-hydroxylation sites is 3. The molecule has 7 aromatic rings. The molecule has 4 heterocycles. The number of allylic oxidation sites excluding steroid dienone is 1. The monoisotopic (exact) mass is 597 g/mol. The molecule has 0 fully saturated rings. The maximum Gasteiger partial charge on any atom is 0.140 e. The van der Waals surface area contributed by atoms with Crippen LogP contribution in [0.3, 0.4) is 0 Å². The van der Waals surface area contributed by atoms with Gasteiger partial charge in [-0.25, -0.2) is 9.97 Å². The Labute approximate surface area is 269 Å². The SMILES string of the molecule is C=Cc1c(/C=C\C)c2ccc(-c3nc4ccccc4n3C)cc2n1-c1ccc2c(c1)N(c1ccccn1)c1ccccc1C2(C)C. The van der Waals surface area contributed by atoms with Gasteiger partial charge in [0.1, 0.15) is 11.6 Å². The fourth-order valence-electron chi connectivity index (χ4n) is 7.27. The number of aryl methyl sites for hydroxylation is 1. The van der Waals surface area contributed by atoms with Crippen LogP contribution < -0.4 is 4.90 Å². The van der Waals surface area contributed by atoms with E-state index in [4.69, 9.17) is 9.97 Å². The van der Waals surface area contributed by atoms with Gasteiger partial charge in [0, 0.05) is 40.9 Å². The summed E-state index contributed by atoms with van der Waals surface area (Å²) in [6.45, 7) is 11.0. The lowest BCUT2D eigenvalue weighted by Gasteiger charge is -2.41. The highest BCUT2D eigenvalue weighted by Crippen LogP contribution is 2.52. The van der Waals surface area contributed by atoms with E-state index in [1.54, 1.807) is 0 Å². The van der Waals surface area contributed by atoms with Gasteiger partial charge in [0.15, 0.2) is 0 Å². The van der Waals surface area contributed by atoms with Crippen molar-refractivity contribution in [3.8, 4) is 17.1 Å². The summed E-state index contributed by atoms with van der Waals surface area (Å²) in [4.78, 5) is 12.1. The van der Waals surface area contributed by atoms with Crippen molar-refractivity contribution >= 4 is 51.3 Å². The van der Waals surface area contributed by atoms with Crippen molar-refractivity contribution in [3.05, 3.63) is 144 Å². The Bertz CT molecular complexity index is 2330. The lowest BCUT2D eigenvalue weighted by Crippen LogP contribution is -2.31. The van der Waals surface area contributed by atoms with E-state index >= 15 is 0 Å². The summed E-state index contributed by atoms with van der Waals surface area (Å²) >= 11 is 0. The zero-order chi connectivity index (χ0) is 31.6. The van der Waals surface area contributed by atoms with Crippen LogP contribution in [0.25, 0.3) is 51.2 Å². The normalized spacial score (nSPS) is 13.8. The molecule has 224 valence electrons. The molecule has 0 unspecified atom stereocenters. The number of anilines is 3. The second kappa shape index (κ2) is 10.5. The summed E-state index contributed by atoms with van der Waals surface area (Å²) in [5.74, 6) is 1.83. The maximum absolute atomic E-state index is 5.02. The van der Waals surface area contributed by atoms with Gasteiger partial charge in [0.05, 0.1) is 33.6 Å². The Morgan fingerprint density at radius 2 is 1.57 bits per heavy atom. The zero-order valence-electron chi connectivity index (χ0n) is 26.6. The van der Waals surface area contributed by atoms with Gasteiger partial charge in [-0.3, -0.25) is 4.90 Å². The van der Waals surface area contributed by atoms with Crippen molar-refractivity contribution in [3.63, 3.8) is 0 Å². The van der Waals surface area contributed by atoms with E-state index in [-0.39, 0.29) is 5.41 Å². The number of hydrogen-bond acceptors (Lipinski definition) is 3. The van der Waals surface area contributed by atoms with E-state index in [0.29, 0.717) is 0 Å². The molecule has 0 amide bonds. The summed E-state index contributed by atoms with van der Waals surface area (Å²) in [7, 11) is 2.09. The third-order valence-corrected chi connectivity index (χ3v) is 9.47. The average molecular weight is 598 g/mol. The number of fused-ring (bicyclic) bond motifs is 4. The Morgan fingerprint density at radius 3 is 2.35 bits per heavy atom. The minimum absolute atomic E-state index is 0.195. The maximum atomic E-state index is 5.02. The first-order valence-electron chi connectivity index (χ1n) is 15.7. The van der Waals surface area contributed by atoms with Crippen LogP contribution in [0.15, 0.2) is 122 Å². The molecule has 5 nitrogen and oxygen atoms in total. The lowest BCUT2D eigenvalue weighted by atomic mass is 9.73. The molecule has 0 radical (unpaired) electrons. The molecule has 8 rings (SSSR count). The van der Waals surface area contributed by atoms with Crippen LogP contribution in [0.5, 0.6) is 0 Å². The Morgan fingerprint density at radius 1 is 0.783 bits per heavy atom. The molecule has 5 heteroatoms. The fourth-order valence-corrected chi connectivity index (χ4v) is 7.27. The zero-order valence-corrected chi connectivity index (χ0v) is 26.6. The Balaban J connectivity index is 1.40. The number of benzene rings is 4. The largest absolute Gasteiger partial charge is 0.327 e. The van der Waals surface area contributed by atoms with Crippen LogP contribution in [0, 0.1) is 0 Å². The Kier molecular flexibility index (Phi) is 6.33. The smallest absolute Gasteiger partial charge is 0.140 e. The Hall–Kier alpha value is -5.68. The topological polar surface area (TPSA) is 38.9 Å². The van der Waals surface area contributed by atoms with Crippen LogP contribution in [0.2, 0.25) is 0 Å². The summed E-state index contributed by atoms with van der Waals surface area (Å²) in [6, 6.07) is 36.6. The molecule has 0 N–H and O–H groups in total. The van der Waals surface area contributed by atoms with Gasteiger partial charge in [-0.1, -0.05) is 87.2 Å². The molecule has 0 aliphatic carbocycles. The average Bonchev–Trinajstić information content (AvgIpc) is 3.59. The molecule has 1 aliphatic rings. The molecule has 46 heavy (non-hydrogen) atoms. The van der Waals surface area contributed by atoms with Crippen LogP contribution in [0.4, 0.5) is 17.2 Å². The third-order valence-electron chi connectivity index (χ3n) is 9.47. The van der Waals surface area contributed by atoms with Gasteiger partial charge in [-0.05, 0) is 72.7 Å². The van der Waals surface area contributed by atoms with Crippen molar-refractivity contribution in [2.24, 2.45) is 7.05 Å². The molecule has 4 aromatic carbocycles. The van der Waals surface area contributed by atoms with Crippen molar-refractivity contribution in [1.82, 2.24) is 19.1 Å². The predicted octanol–water partition coefficient (Wildman–Crippen LogP) is 10.4. The van der Waals surface area contributed by atoms with Gasteiger partial charge < -0.3 is 9.13 Å². The summed E-state index contributed by atoms with van der Waals surface area (Å²) in [6.07, 6.45) is 8.12. The van der Waals surface area contributed by atoms with Crippen molar-refractivity contribution < 1.29 is 0 Å². The number of pyridine rings is 1. The van der Waals surface area contributed by atoms with Gasteiger partial charge >= 0.3 is 0 Å². The molecular formula is C41H35N5. The fraction of sp³-hybridized carbons (Fsp3) is 0.122. The molecule has 0 saturated carbocycles. The van der Waals surface area contributed by atoms with Crippen LogP contribution in [-0.4, -0.2) is 19.1 Å². The van der Waals surface area contributed by atoms with E-state index < -0.39 is 0 Å². The molecule has 1 aliphatic heterocycles. The van der Waals surface area contributed by atoms with Crippen LogP contribution >= 0.6 is 0 Å². The van der Waals surface area contributed by atoms with E-state index in [1.165, 1.54) is 16.5 Å². The first kappa shape index (κ1) is 27.8. The van der Waals surface area contributed by atoms with Gasteiger partial charge in [-0.2, -0.15) is 0 Å². The minimum Gasteiger partial charge on any atom is -0.327 e. The first-order chi connectivity index (χ1) is 22.4. The highest BCUT2D eigenvalue weighted by molar-refractivity contribution is 5.98. The first-order valence-corrected chi connectivity index (χ1v) is 15.7. The van der Waals surface area contributed by atoms with Crippen LogP contribution in [-0.2, 0) is 12.5 Å². The summed E-state index contributed by atoms with van der Waals surface area (Å²) in [5, 5.41) is 1.17. The van der Waals surface area contributed by atoms with Crippen molar-refractivity contribution in [2.45, 2.75) is 26.2 Å². The van der Waals surface area contributed by atoms with Gasteiger partial charge in [0.2, 0.25) is 0 Å². The predicted molar refractivity (Wildman–Crippen MR) is 192 cm³/mol.